The minimum Gasteiger partial charge on any atom is -0.272 e. The van der Waals surface area contributed by atoms with E-state index in [2.05, 4.69) is 10.1 Å². The van der Waals surface area contributed by atoms with Crippen molar-refractivity contribution in [3.8, 4) is 11.3 Å². The Labute approximate surface area is 115 Å². The molecule has 19 heavy (non-hydrogen) atoms. The molecular formula is C14H13N3OS. The number of hydrogen-bond acceptors (Lipinski definition) is 4. The fourth-order valence-electron chi connectivity index (χ4n) is 1.90. The lowest BCUT2D eigenvalue weighted by Crippen LogP contribution is -2.24. The molecule has 1 aliphatic heterocycles. The summed E-state index contributed by atoms with van der Waals surface area (Å²) in [6.07, 6.45) is 0. The van der Waals surface area contributed by atoms with Gasteiger partial charge in [-0.3, -0.25) is 4.79 Å². The Morgan fingerprint density at radius 3 is 2.63 bits per heavy atom. The van der Waals surface area contributed by atoms with Gasteiger partial charge < -0.3 is 0 Å². The zero-order valence-corrected chi connectivity index (χ0v) is 11.5. The molecule has 1 amide bonds. The number of thiazole rings is 1. The van der Waals surface area contributed by atoms with Crippen molar-refractivity contribution < 1.29 is 4.79 Å². The molecule has 0 saturated carbocycles. The first-order valence-electron chi connectivity index (χ1n) is 6.07. The highest BCUT2D eigenvalue weighted by Crippen LogP contribution is 2.30. The molecule has 1 aliphatic rings. The van der Waals surface area contributed by atoms with Crippen LogP contribution in [-0.4, -0.2) is 16.6 Å². The average Bonchev–Trinajstić information content (AvgIpc) is 3.01. The van der Waals surface area contributed by atoms with Crippen LogP contribution in [0.5, 0.6) is 0 Å². The normalized spacial score (nSPS) is 18.8. The number of carbonyl (C=O) groups is 1. The highest BCUT2D eigenvalue weighted by atomic mass is 32.1. The van der Waals surface area contributed by atoms with Crippen molar-refractivity contribution in [2.24, 2.45) is 11.0 Å². The summed E-state index contributed by atoms with van der Waals surface area (Å²) < 4.78 is 0. The average molecular weight is 271 g/mol. The van der Waals surface area contributed by atoms with E-state index in [1.54, 1.807) is 0 Å². The van der Waals surface area contributed by atoms with Crippen molar-refractivity contribution in [1.82, 2.24) is 4.98 Å². The van der Waals surface area contributed by atoms with Gasteiger partial charge in [0.15, 0.2) is 0 Å². The van der Waals surface area contributed by atoms with Gasteiger partial charge in [-0.1, -0.05) is 30.3 Å². The molecule has 2 aromatic rings. The molecule has 1 atom stereocenters. The van der Waals surface area contributed by atoms with E-state index in [9.17, 15) is 4.79 Å². The highest BCUT2D eigenvalue weighted by molar-refractivity contribution is 7.14. The third-order valence-electron chi connectivity index (χ3n) is 3.21. The predicted octanol–water partition coefficient (Wildman–Crippen LogP) is 3.17. The second kappa shape index (κ2) is 4.59. The topological polar surface area (TPSA) is 45.6 Å². The zero-order chi connectivity index (χ0) is 13.4. The summed E-state index contributed by atoms with van der Waals surface area (Å²) in [6.45, 7) is 3.74. The van der Waals surface area contributed by atoms with Gasteiger partial charge in [-0.2, -0.15) is 10.1 Å². The molecule has 0 bridgehead atoms. The molecule has 0 N–H and O–H groups in total. The van der Waals surface area contributed by atoms with Crippen LogP contribution in [0.1, 0.15) is 13.8 Å². The van der Waals surface area contributed by atoms with Gasteiger partial charge in [0.25, 0.3) is 5.91 Å². The number of aromatic nitrogens is 1. The molecule has 3 rings (SSSR count). The van der Waals surface area contributed by atoms with E-state index in [0.717, 1.165) is 17.0 Å². The summed E-state index contributed by atoms with van der Waals surface area (Å²) in [5.74, 6) is -0.157. The van der Waals surface area contributed by atoms with Crippen LogP contribution in [-0.2, 0) is 4.79 Å². The maximum Gasteiger partial charge on any atom is 0.258 e. The van der Waals surface area contributed by atoms with E-state index < -0.39 is 0 Å². The Bertz CT molecular complexity index is 648. The number of carbonyl (C=O) groups excluding carboxylic acids is 1. The summed E-state index contributed by atoms with van der Waals surface area (Å²) >= 11 is 1.44. The van der Waals surface area contributed by atoms with Crippen molar-refractivity contribution in [3.05, 3.63) is 35.7 Å². The van der Waals surface area contributed by atoms with Gasteiger partial charge in [0.05, 0.1) is 11.6 Å². The molecule has 1 aromatic carbocycles. The van der Waals surface area contributed by atoms with Crippen LogP contribution in [0.2, 0.25) is 0 Å². The van der Waals surface area contributed by atoms with E-state index in [0.29, 0.717) is 5.13 Å². The van der Waals surface area contributed by atoms with Crippen LogP contribution in [0, 0.1) is 5.92 Å². The lowest BCUT2D eigenvalue weighted by Gasteiger charge is -2.07. The number of hydrogen-bond donors (Lipinski definition) is 0. The van der Waals surface area contributed by atoms with Gasteiger partial charge >= 0.3 is 0 Å². The summed E-state index contributed by atoms with van der Waals surface area (Å²) in [5.41, 5.74) is 2.76. The number of amides is 1. The van der Waals surface area contributed by atoms with Crippen molar-refractivity contribution in [1.29, 1.82) is 0 Å². The Morgan fingerprint density at radius 1 is 1.26 bits per heavy atom. The lowest BCUT2D eigenvalue weighted by atomic mass is 10.1. The van der Waals surface area contributed by atoms with Crippen molar-refractivity contribution in [2.75, 3.05) is 5.01 Å². The predicted molar refractivity (Wildman–Crippen MR) is 77.3 cm³/mol. The minimum atomic E-state index is -0.149. The second-order valence-corrected chi connectivity index (χ2v) is 5.33. The van der Waals surface area contributed by atoms with Crippen LogP contribution < -0.4 is 5.01 Å². The third-order valence-corrected chi connectivity index (χ3v) is 4.02. The van der Waals surface area contributed by atoms with Gasteiger partial charge in [-0.25, -0.2) is 4.98 Å². The number of benzene rings is 1. The number of nitrogens with zero attached hydrogens (tertiary/aromatic N) is 3. The lowest BCUT2D eigenvalue weighted by molar-refractivity contribution is -0.119. The molecule has 96 valence electrons. The summed E-state index contributed by atoms with van der Waals surface area (Å²) in [7, 11) is 0. The van der Waals surface area contributed by atoms with Gasteiger partial charge in [0.2, 0.25) is 5.13 Å². The van der Waals surface area contributed by atoms with Crippen LogP contribution in [0.15, 0.2) is 40.8 Å². The SMILES string of the molecule is CC1=NN(c2nc(-c3ccccc3)cs2)C(=O)C1C. The molecule has 0 spiro atoms. The zero-order valence-electron chi connectivity index (χ0n) is 10.7. The first-order chi connectivity index (χ1) is 9.16. The van der Waals surface area contributed by atoms with Gasteiger partial charge in [0, 0.05) is 16.7 Å². The van der Waals surface area contributed by atoms with Gasteiger partial charge in [0.1, 0.15) is 0 Å². The Kier molecular flexibility index (Phi) is 2.91. The highest BCUT2D eigenvalue weighted by Gasteiger charge is 2.32. The first-order valence-corrected chi connectivity index (χ1v) is 6.95. The standard InChI is InChI=1S/C14H13N3OS/c1-9-10(2)16-17(13(9)18)14-15-12(8-19-14)11-6-4-3-5-7-11/h3-9H,1-2H3. The van der Waals surface area contributed by atoms with E-state index in [1.807, 2.05) is 49.6 Å². The smallest absolute Gasteiger partial charge is 0.258 e. The van der Waals surface area contributed by atoms with Crippen LogP contribution >= 0.6 is 11.3 Å². The monoisotopic (exact) mass is 271 g/mol. The quantitative estimate of drug-likeness (QED) is 0.842. The van der Waals surface area contributed by atoms with Gasteiger partial charge in [-0.15, -0.1) is 11.3 Å². The van der Waals surface area contributed by atoms with Crippen molar-refractivity contribution >= 4 is 28.1 Å². The Morgan fingerprint density at radius 2 is 2.00 bits per heavy atom. The maximum atomic E-state index is 12.0. The van der Waals surface area contributed by atoms with E-state index >= 15 is 0 Å². The fraction of sp³-hybridized carbons (Fsp3) is 0.214. The summed E-state index contributed by atoms with van der Waals surface area (Å²) in [4.78, 5) is 16.5. The minimum absolute atomic E-state index is 0.00791. The largest absolute Gasteiger partial charge is 0.272 e. The molecule has 4 nitrogen and oxygen atoms in total. The fourth-order valence-corrected chi connectivity index (χ4v) is 2.68. The summed E-state index contributed by atoms with van der Waals surface area (Å²) in [6, 6.07) is 9.92. The van der Waals surface area contributed by atoms with Crippen LogP contribution in [0.4, 0.5) is 5.13 Å². The maximum absolute atomic E-state index is 12.0. The molecule has 1 unspecified atom stereocenters. The molecule has 2 heterocycles. The third kappa shape index (κ3) is 2.06. The number of anilines is 1. The summed E-state index contributed by atoms with van der Waals surface area (Å²) in [5, 5.41) is 8.27. The van der Waals surface area contributed by atoms with Crippen molar-refractivity contribution in [2.45, 2.75) is 13.8 Å². The molecule has 0 saturated heterocycles. The molecular weight excluding hydrogens is 258 g/mol. The molecule has 0 aliphatic carbocycles. The molecule has 5 heteroatoms. The van der Waals surface area contributed by atoms with Crippen LogP contribution in [0.25, 0.3) is 11.3 Å². The molecule has 0 fully saturated rings. The second-order valence-electron chi connectivity index (χ2n) is 4.49. The Balaban J connectivity index is 1.93. The first kappa shape index (κ1) is 12.0. The number of rotatable bonds is 2. The Hall–Kier alpha value is -2.01. The van der Waals surface area contributed by atoms with Crippen LogP contribution in [0.3, 0.4) is 0 Å². The van der Waals surface area contributed by atoms with E-state index in [-0.39, 0.29) is 11.8 Å². The van der Waals surface area contributed by atoms with E-state index in [4.69, 9.17) is 0 Å². The number of hydrazone groups is 1. The van der Waals surface area contributed by atoms with Gasteiger partial charge in [-0.05, 0) is 13.8 Å². The van der Waals surface area contributed by atoms with Crippen molar-refractivity contribution in [3.63, 3.8) is 0 Å². The van der Waals surface area contributed by atoms with E-state index in [1.165, 1.54) is 16.3 Å². The molecule has 1 aromatic heterocycles. The molecule has 0 radical (unpaired) electrons.